The van der Waals surface area contributed by atoms with Gasteiger partial charge in [-0.1, -0.05) is 17.8 Å². The Bertz CT molecular complexity index is 1440. The summed E-state index contributed by atoms with van der Waals surface area (Å²) in [5, 5.41) is 12.6. The number of amides is 1. The van der Waals surface area contributed by atoms with E-state index >= 15 is 0 Å². The van der Waals surface area contributed by atoms with Crippen LogP contribution in [0.2, 0.25) is 0 Å². The SMILES string of the molecule is CC1(c2c[nH]c3ncccc23)NC(CNc2ncccc2C(=O)NCc2ccc(F)c(F)c2)=CS1. The van der Waals surface area contributed by atoms with Crippen molar-refractivity contribution in [2.75, 3.05) is 11.9 Å². The molecule has 1 atom stereocenters. The second kappa shape index (κ2) is 9.38. The lowest BCUT2D eigenvalue weighted by Gasteiger charge is -2.25. The topological polar surface area (TPSA) is 94.7 Å². The lowest BCUT2D eigenvalue weighted by Crippen LogP contribution is -2.33. The molecule has 1 aliphatic heterocycles. The number of carbonyl (C=O) groups is 1. The standard InChI is InChI=1S/C25H22F2N6OS/c1-25(19-13-31-22-17(19)4-2-8-28-22)33-16(14-35-25)12-30-23-18(5-3-9-29-23)24(34)32-11-15-6-7-20(26)21(27)10-15/h2-10,13-14,33H,11-12H2,1H3,(H,28,31)(H,29,30)(H,32,34). The van der Waals surface area contributed by atoms with Crippen LogP contribution in [-0.2, 0) is 11.4 Å². The summed E-state index contributed by atoms with van der Waals surface area (Å²) in [6, 6.07) is 10.8. The minimum absolute atomic E-state index is 0.0611. The molecule has 0 bridgehead atoms. The van der Waals surface area contributed by atoms with E-state index in [1.165, 1.54) is 6.07 Å². The number of pyridine rings is 2. The van der Waals surface area contributed by atoms with Gasteiger partial charge in [0.1, 0.15) is 16.3 Å². The number of hydrogen-bond acceptors (Lipinski definition) is 6. The predicted octanol–water partition coefficient (Wildman–Crippen LogP) is 4.63. The van der Waals surface area contributed by atoms with Gasteiger partial charge in [0, 0.05) is 41.8 Å². The first-order valence-electron chi connectivity index (χ1n) is 10.9. The average molecular weight is 493 g/mol. The number of anilines is 1. The number of benzene rings is 1. The molecule has 5 rings (SSSR count). The summed E-state index contributed by atoms with van der Waals surface area (Å²) >= 11 is 1.66. The Kier molecular flexibility index (Phi) is 6.12. The number of thioether (sulfide) groups is 1. The first-order chi connectivity index (χ1) is 16.9. The molecule has 178 valence electrons. The van der Waals surface area contributed by atoms with E-state index in [-0.39, 0.29) is 17.3 Å². The maximum absolute atomic E-state index is 13.4. The van der Waals surface area contributed by atoms with Gasteiger partial charge in [0.2, 0.25) is 0 Å². The molecule has 0 saturated carbocycles. The Balaban J connectivity index is 1.23. The highest BCUT2D eigenvalue weighted by atomic mass is 32.2. The largest absolute Gasteiger partial charge is 0.368 e. The lowest BCUT2D eigenvalue weighted by molar-refractivity contribution is 0.0951. The summed E-state index contributed by atoms with van der Waals surface area (Å²) in [6.45, 7) is 2.60. The number of fused-ring (bicyclic) bond motifs is 1. The van der Waals surface area contributed by atoms with Crippen LogP contribution in [0.3, 0.4) is 0 Å². The third-order valence-corrected chi connectivity index (χ3v) is 6.93. The van der Waals surface area contributed by atoms with E-state index < -0.39 is 11.6 Å². The Hall–Kier alpha value is -3.92. The second-order valence-corrected chi connectivity index (χ2v) is 9.49. The fraction of sp³-hybridized carbons (Fsp3) is 0.160. The number of nitrogens with zero attached hydrogens (tertiary/aromatic N) is 2. The summed E-state index contributed by atoms with van der Waals surface area (Å²) in [4.78, 5) is 24.3. The fourth-order valence-electron chi connectivity index (χ4n) is 3.96. The highest BCUT2D eigenvalue weighted by Crippen LogP contribution is 2.42. The third-order valence-electron chi connectivity index (χ3n) is 5.74. The number of rotatable bonds is 7. The van der Waals surface area contributed by atoms with Gasteiger partial charge in [0.15, 0.2) is 11.6 Å². The van der Waals surface area contributed by atoms with Crippen molar-refractivity contribution in [2.45, 2.75) is 18.3 Å². The Morgan fingerprint density at radius 2 is 1.91 bits per heavy atom. The van der Waals surface area contributed by atoms with Crippen molar-refractivity contribution in [3.63, 3.8) is 0 Å². The number of H-pyrrole nitrogens is 1. The average Bonchev–Trinajstić information content (AvgIpc) is 3.48. The smallest absolute Gasteiger partial charge is 0.255 e. The van der Waals surface area contributed by atoms with E-state index in [1.807, 2.05) is 23.7 Å². The summed E-state index contributed by atoms with van der Waals surface area (Å²) in [5.41, 5.74) is 3.71. The molecule has 1 aliphatic rings. The van der Waals surface area contributed by atoms with E-state index in [2.05, 4.69) is 37.8 Å². The van der Waals surface area contributed by atoms with Gasteiger partial charge in [-0.05, 0) is 54.3 Å². The highest BCUT2D eigenvalue weighted by molar-refractivity contribution is 8.03. The van der Waals surface area contributed by atoms with Crippen molar-refractivity contribution in [1.29, 1.82) is 0 Å². The van der Waals surface area contributed by atoms with E-state index in [4.69, 9.17) is 0 Å². The molecule has 4 N–H and O–H groups in total. The molecule has 4 heterocycles. The Morgan fingerprint density at radius 3 is 2.77 bits per heavy atom. The molecule has 35 heavy (non-hydrogen) atoms. The number of aromatic amines is 1. The fourth-order valence-corrected chi connectivity index (χ4v) is 4.96. The van der Waals surface area contributed by atoms with Gasteiger partial charge in [-0.25, -0.2) is 18.7 Å². The number of aromatic nitrogens is 3. The zero-order valence-corrected chi connectivity index (χ0v) is 19.5. The van der Waals surface area contributed by atoms with Gasteiger partial charge in [-0.2, -0.15) is 0 Å². The first-order valence-corrected chi connectivity index (χ1v) is 11.8. The van der Waals surface area contributed by atoms with Crippen LogP contribution in [-0.4, -0.2) is 27.4 Å². The van der Waals surface area contributed by atoms with Crippen LogP contribution in [0.4, 0.5) is 14.6 Å². The van der Waals surface area contributed by atoms with Gasteiger partial charge in [0.05, 0.1) is 12.1 Å². The monoisotopic (exact) mass is 492 g/mol. The van der Waals surface area contributed by atoms with Crippen LogP contribution < -0.4 is 16.0 Å². The van der Waals surface area contributed by atoms with Gasteiger partial charge >= 0.3 is 0 Å². The van der Waals surface area contributed by atoms with Crippen molar-refractivity contribution < 1.29 is 13.6 Å². The highest BCUT2D eigenvalue weighted by Gasteiger charge is 2.34. The number of halogens is 2. The summed E-state index contributed by atoms with van der Waals surface area (Å²) in [6.07, 6.45) is 5.32. The van der Waals surface area contributed by atoms with Crippen LogP contribution in [0, 0.1) is 11.6 Å². The van der Waals surface area contributed by atoms with Crippen LogP contribution in [0.1, 0.15) is 28.4 Å². The summed E-state index contributed by atoms with van der Waals surface area (Å²) < 4.78 is 26.6. The molecule has 0 saturated heterocycles. The molecule has 0 radical (unpaired) electrons. The predicted molar refractivity (Wildman–Crippen MR) is 133 cm³/mol. The summed E-state index contributed by atoms with van der Waals surface area (Å²) in [7, 11) is 0. The molecule has 1 unspecified atom stereocenters. The summed E-state index contributed by atoms with van der Waals surface area (Å²) in [5.74, 6) is -1.83. The molecule has 0 fully saturated rings. The van der Waals surface area contributed by atoms with E-state index in [1.54, 1.807) is 36.3 Å². The molecule has 0 aliphatic carbocycles. The molecular formula is C25H22F2N6OS. The molecule has 1 amide bonds. The number of nitrogens with one attached hydrogen (secondary N) is 4. The molecule has 3 aromatic heterocycles. The minimum atomic E-state index is -0.952. The van der Waals surface area contributed by atoms with Crippen molar-refractivity contribution >= 4 is 34.5 Å². The Morgan fingerprint density at radius 1 is 1.09 bits per heavy atom. The second-order valence-electron chi connectivity index (χ2n) is 8.21. The molecule has 7 nitrogen and oxygen atoms in total. The third kappa shape index (κ3) is 4.69. The van der Waals surface area contributed by atoms with Gasteiger partial charge in [-0.3, -0.25) is 4.79 Å². The van der Waals surface area contributed by atoms with Crippen LogP contribution in [0.25, 0.3) is 11.0 Å². The van der Waals surface area contributed by atoms with E-state index in [0.717, 1.165) is 34.4 Å². The molecule has 4 aromatic rings. The van der Waals surface area contributed by atoms with Crippen molar-refractivity contribution in [3.05, 3.63) is 100 Å². The molecular weight excluding hydrogens is 470 g/mol. The van der Waals surface area contributed by atoms with E-state index in [9.17, 15) is 13.6 Å². The molecule has 1 aromatic carbocycles. The van der Waals surface area contributed by atoms with Crippen LogP contribution in [0.15, 0.2) is 72.2 Å². The maximum atomic E-state index is 13.4. The molecule has 10 heteroatoms. The van der Waals surface area contributed by atoms with E-state index in [0.29, 0.717) is 23.5 Å². The van der Waals surface area contributed by atoms with Crippen LogP contribution in [0.5, 0.6) is 0 Å². The van der Waals surface area contributed by atoms with Crippen molar-refractivity contribution in [2.24, 2.45) is 0 Å². The zero-order chi connectivity index (χ0) is 24.4. The normalized spacial score (nSPS) is 17.2. The van der Waals surface area contributed by atoms with Gasteiger partial charge in [0.25, 0.3) is 5.91 Å². The zero-order valence-electron chi connectivity index (χ0n) is 18.7. The van der Waals surface area contributed by atoms with Crippen LogP contribution >= 0.6 is 11.8 Å². The number of carbonyl (C=O) groups excluding carboxylic acids is 1. The van der Waals surface area contributed by atoms with Gasteiger partial charge < -0.3 is 20.9 Å². The lowest BCUT2D eigenvalue weighted by atomic mass is 10.1. The first kappa shape index (κ1) is 22.9. The van der Waals surface area contributed by atoms with Crippen molar-refractivity contribution in [3.8, 4) is 0 Å². The molecule has 0 spiro atoms. The Labute approximate surface area is 204 Å². The van der Waals surface area contributed by atoms with Crippen molar-refractivity contribution in [1.82, 2.24) is 25.6 Å². The number of hydrogen-bond donors (Lipinski definition) is 4. The maximum Gasteiger partial charge on any atom is 0.255 e. The minimum Gasteiger partial charge on any atom is -0.368 e. The van der Waals surface area contributed by atoms with Gasteiger partial charge in [-0.15, -0.1) is 0 Å². The quantitative estimate of drug-likeness (QED) is 0.301.